The molecule has 2 atom stereocenters. The van der Waals surface area contributed by atoms with Crippen molar-refractivity contribution in [3.8, 4) is 11.3 Å². The highest BCUT2D eigenvalue weighted by Crippen LogP contribution is 2.62. The normalized spacial score (nSPS) is 26.4. The lowest BCUT2D eigenvalue weighted by Gasteiger charge is -2.56. The first-order valence-electron chi connectivity index (χ1n) is 7.07. The van der Waals surface area contributed by atoms with Crippen LogP contribution in [0.1, 0.15) is 37.4 Å². The summed E-state index contributed by atoms with van der Waals surface area (Å²) in [6.45, 7) is 4.78. The molecule has 0 N–H and O–H groups in total. The van der Waals surface area contributed by atoms with Crippen LogP contribution < -0.4 is 0 Å². The topological polar surface area (TPSA) is 25.8 Å². The molecule has 0 radical (unpaired) electrons. The summed E-state index contributed by atoms with van der Waals surface area (Å²) in [7, 11) is 0. The summed E-state index contributed by atoms with van der Waals surface area (Å²) in [6.07, 6.45) is 4.20. The molecular formula is C17H18N2. The maximum absolute atomic E-state index is 4.61. The second-order valence-corrected chi connectivity index (χ2v) is 6.46. The molecule has 2 heteroatoms. The van der Waals surface area contributed by atoms with Gasteiger partial charge in [0.2, 0.25) is 0 Å². The van der Waals surface area contributed by atoms with Crippen molar-refractivity contribution in [2.24, 2.45) is 11.3 Å². The van der Waals surface area contributed by atoms with Gasteiger partial charge in [-0.3, -0.25) is 0 Å². The largest absolute Gasteiger partial charge is 0.241 e. The Kier molecular flexibility index (Phi) is 2.15. The van der Waals surface area contributed by atoms with Gasteiger partial charge in [0.15, 0.2) is 0 Å². The summed E-state index contributed by atoms with van der Waals surface area (Å²) in [5.74, 6) is 1.44. The zero-order valence-corrected chi connectivity index (χ0v) is 11.4. The molecule has 1 aromatic heterocycles. The minimum Gasteiger partial charge on any atom is -0.241 e. The molecule has 3 aliphatic rings. The van der Waals surface area contributed by atoms with E-state index in [0.717, 1.165) is 18.0 Å². The molecule has 2 unspecified atom stereocenters. The predicted octanol–water partition coefficient (Wildman–Crippen LogP) is 3.83. The van der Waals surface area contributed by atoms with E-state index in [2.05, 4.69) is 54.1 Å². The summed E-state index contributed by atoms with van der Waals surface area (Å²) >= 11 is 0. The van der Waals surface area contributed by atoms with E-state index in [0.29, 0.717) is 11.3 Å². The van der Waals surface area contributed by atoms with Gasteiger partial charge in [0.05, 0.1) is 11.4 Å². The van der Waals surface area contributed by atoms with Crippen molar-refractivity contribution in [2.45, 2.75) is 32.6 Å². The Labute approximate surface area is 113 Å². The first-order chi connectivity index (χ1) is 9.18. The zero-order valence-electron chi connectivity index (χ0n) is 11.4. The van der Waals surface area contributed by atoms with Crippen LogP contribution in [0.4, 0.5) is 0 Å². The molecular weight excluding hydrogens is 232 g/mol. The summed E-state index contributed by atoms with van der Waals surface area (Å²) < 4.78 is 0. The molecule has 2 nitrogen and oxygen atoms in total. The molecule has 1 saturated carbocycles. The van der Waals surface area contributed by atoms with E-state index in [1.807, 2.05) is 0 Å². The SMILES string of the molecule is CC1(C)C2Cc3c(-c4ccccc4)ncnc3C1C2. The monoisotopic (exact) mass is 250 g/mol. The third-order valence-electron chi connectivity index (χ3n) is 5.28. The Balaban J connectivity index is 1.88. The highest BCUT2D eigenvalue weighted by atomic mass is 14.9. The summed E-state index contributed by atoms with van der Waals surface area (Å²) in [4.78, 5) is 9.16. The maximum Gasteiger partial charge on any atom is 0.116 e. The molecule has 0 saturated heterocycles. The molecule has 1 aromatic carbocycles. The fourth-order valence-electron chi connectivity index (χ4n) is 3.85. The van der Waals surface area contributed by atoms with Crippen LogP contribution >= 0.6 is 0 Å². The van der Waals surface area contributed by atoms with Gasteiger partial charge in [0.25, 0.3) is 0 Å². The van der Waals surface area contributed by atoms with Crippen LogP contribution in [0.3, 0.4) is 0 Å². The van der Waals surface area contributed by atoms with Crippen LogP contribution in [-0.2, 0) is 6.42 Å². The Bertz CT molecular complexity index is 631. The average molecular weight is 250 g/mol. The van der Waals surface area contributed by atoms with Crippen molar-refractivity contribution in [2.75, 3.05) is 0 Å². The van der Waals surface area contributed by atoms with E-state index >= 15 is 0 Å². The van der Waals surface area contributed by atoms with Crippen LogP contribution in [0.5, 0.6) is 0 Å². The average Bonchev–Trinajstić information content (AvgIpc) is 2.46. The molecule has 1 fully saturated rings. The van der Waals surface area contributed by atoms with Crippen molar-refractivity contribution in [1.29, 1.82) is 0 Å². The molecule has 96 valence electrons. The maximum atomic E-state index is 4.61. The minimum atomic E-state index is 0.426. The molecule has 3 aliphatic carbocycles. The Morgan fingerprint density at radius 3 is 2.63 bits per heavy atom. The highest BCUT2D eigenvalue weighted by Gasteiger charge is 2.53. The minimum absolute atomic E-state index is 0.426. The fourth-order valence-corrected chi connectivity index (χ4v) is 3.85. The zero-order chi connectivity index (χ0) is 13.0. The summed E-state index contributed by atoms with van der Waals surface area (Å²) in [5.41, 5.74) is 5.50. The first kappa shape index (κ1) is 11.2. The quantitative estimate of drug-likeness (QED) is 0.768. The number of aromatic nitrogens is 2. The van der Waals surface area contributed by atoms with E-state index in [1.54, 1.807) is 6.33 Å². The van der Waals surface area contributed by atoms with E-state index < -0.39 is 0 Å². The van der Waals surface area contributed by atoms with Gasteiger partial charge >= 0.3 is 0 Å². The van der Waals surface area contributed by atoms with E-state index in [1.165, 1.54) is 23.2 Å². The number of hydrogen-bond donors (Lipinski definition) is 0. The van der Waals surface area contributed by atoms with Crippen molar-refractivity contribution in [3.05, 3.63) is 47.9 Å². The molecule has 0 amide bonds. The second-order valence-electron chi connectivity index (χ2n) is 6.46. The molecule has 19 heavy (non-hydrogen) atoms. The van der Waals surface area contributed by atoms with Gasteiger partial charge in [-0.1, -0.05) is 44.2 Å². The van der Waals surface area contributed by atoms with Crippen LogP contribution in [0.25, 0.3) is 11.3 Å². The van der Waals surface area contributed by atoms with Crippen molar-refractivity contribution < 1.29 is 0 Å². The van der Waals surface area contributed by atoms with Gasteiger partial charge in [-0.25, -0.2) is 9.97 Å². The van der Waals surface area contributed by atoms with E-state index in [4.69, 9.17) is 0 Å². The van der Waals surface area contributed by atoms with Gasteiger partial charge in [-0.2, -0.15) is 0 Å². The third-order valence-corrected chi connectivity index (χ3v) is 5.28. The number of benzene rings is 1. The van der Waals surface area contributed by atoms with Gasteiger partial charge in [0, 0.05) is 17.0 Å². The second kappa shape index (κ2) is 3.66. The lowest BCUT2D eigenvalue weighted by atomic mass is 9.48. The molecule has 0 aliphatic heterocycles. The lowest BCUT2D eigenvalue weighted by molar-refractivity contribution is 0.0155. The molecule has 1 heterocycles. The van der Waals surface area contributed by atoms with Crippen molar-refractivity contribution in [1.82, 2.24) is 9.97 Å². The highest BCUT2D eigenvalue weighted by molar-refractivity contribution is 5.65. The Hall–Kier alpha value is -1.70. The summed E-state index contributed by atoms with van der Waals surface area (Å²) in [5, 5.41) is 0. The number of rotatable bonds is 1. The van der Waals surface area contributed by atoms with Gasteiger partial charge in [0.1, 0.15) is 6.33 Å². The van der Waals surface area contributed by atoms with Crippen LogP contribution in [0, 0.1) is 11.3 Å². The van der Waals surface area contributed by atoms with Crippen molar-refractivity contribution in [3.63, 3.8) is 0 Å². The van der Waals surface area contributed by atoms with Crippen LogP contribution in [0.2, 0.25) is 0 Å². The van der Waals surface area contributed by atoms with E-state index in [-0.39, 0.29) is 0 Å². The van der Waals surface area contributed by atoms with Gasteiger partial charge in [-0.05, 0) is 24.2 Å². The predicted molar refractivity (Wildman–Crippen MR) is 75.8 cm³/mol. The first-order valence-corrected chi connectivity index (χ1v) is 7.07. The Morgan fingerprint density at radius 1 is 1.11 bits per heavy atom. The standard InChI is InChI=1S/C17H18N2/c1-17(2)12-8-13-15(11-6-4-3-5-7-11)18-10-19-16(13)14(17)9-12/h3-7,10,12,14H,8-9H2,1-2H3. The molecule has 2 bridgehead atoms. The number of nitrogens with zero attached hydrogens (tertiary/aromatic N) is 2. The lowest BCUT2D eigenvalue weighted by Crippen LogP contribution is -2.48. The Morgan fingerprint density at radius 2 is 1.89 bits per heavy atom. The van der Waals surface area contributed by atoms with Gasteiger partial charge < -0.3 is 0 Å². The molecule has 5 rings (SSSR count). The fraction of sp³-hybridized carbons (Fsp3) is 0.412. The van der Waals surface area contributed by atoms with Crippen LogP contribution in [0.15, 0.2) is 36.7 Å². The van der Waals surface area contributed by atoms with Gasteiger partial charge in [-0.15, -0.1) is 0 Å². The van der Waals surface area contributed by atoms with Crippen molar-refractivity contribution >= 4 is 0 Å². The summed E-state index contributed by atoms with van der Waals surface area (Å²) in [6, 6.07) is 10.5. The third kappa shape index (κ3) is 1.43. The van der Waals surface area contributed by atoms with E-state index in [9.17, 15) is 0 Å². The molecule has 0 spiro atoms. The molecule has 2 aromatic rings. The smallest absolute Gasteiger partial charge is 0.116 e. The van der Waals surface area contributed by atoms with Crippen LogP contribution in [-0.4, -0.2) is 9.97 Å². The number of hydrogen-bond acceptors (Lipinski definition) is 2.